The first kappa shape index (κ1) is 12.4. The SMILES string of the molecule is CCC(NCCOC(C)C)C(N)=O. The number of primary amides is 1. The summed E-state index contributed by atoms with van der Waals surface area (Å²) in [5, 5.41) is 3.02. The molecular formula is C9H20N2O2. The van der Waals surface area contributed by atoms with Crippen LogP contribution in [0.3, 0.4) is 0 Å². The Morgan fingerprint density at radius 3 is 2.54 bits per heavy atom. The number of hydrogen-bond acceptors (Lipinski definition) is 3. The summed E-state index contributed by atoms with van der Waals surface area (Å²) in [6.07, 6.45) is 0.951. The van der Waals surface area contributed by atoms with Crippen LogP contribution in [0.5, 0.6) is 0 Å². The van der Waals surface area contributed by atoms with Gasteiger partial charge in [-0.05, 0) is 20.3 Å². The van der Waals surface area contributed by atoms with Gasteiger partial charge in [-0.2, -0.15) is 0 Å². The van der Waals surface area contributed by atoms with Gasteiger partial charge in [0.15, 0.2) is 0 Å². The lowest BCUT2D eigenvalue weighted by molar-refractivity contribution is -0.120. The second-order valence-corrected chi connectivity index (χ2v) is 3.24. The van der Waals surface area contributed by atoms with Crippen molar-refractivity contribution in [3.63, 3.8) is 0 Å². The van der Waals surface area contributed by atoms with Crippen LogP contribution in [0.25, 0.3) is 0 Å². The molecule has 0 heterocycles. The first-order valence-corrected chi connectivity index (χ1v) is 4.72. The summed E-state index contributed by atoms with van der Waals surface area (Å²) in [4.78, 5) is 10.8. The predicted molar refractivity (Wildman–Crippen MR) is 52.4 cm³/mol. The Labute approximate surface area is 79.8 Å². The van der Waals surface area contributed by atoms with E-state index in [1.807, 2.05) is 20.8 Å². The quantitative estimate of drug-likeness (QED) is 0.563. The number of nitrogens with two attached hydrogens (primary N) is 1. The number of amides is 1. The Bertz CT molecular complexity index is 149. The van der Waals surface area contributed by atoms with Crippen molar-refractivity contribution in [2.24, 2.45) is 5.73 Å². The molecule has 13 heavy (non-hydrogen) atoms. The lowest BCUT2D eigenvalue weighted by Gasteiger charge is -2.13. The molecule has 0 aliphatic heterocycles. The van der Waals surface area contributed by atoms with Crippen molar-refractivity contribution in [3.05, 3.63) is 0 Å². The zero-order valence-electron chi connectivity index (χ0n) is 8.67. The van der Waals surface area contributed by atoms with Crippen molar-refractivity contribution in [1.29, 1.82) is 0 Å². The Hall–Kier alpha value is -0.610. The molecule has 1 atom stereocenters. The molecule has 0 aromatic carbocycles. The highest BCUT2D eigenvalue weighted by atomic mass is 16.5. The number of rotatable bonds is 7. The van der Waals surface area contributed by atoms with Crippen LogP contribution in [0, 0.1) is 0 Å². The van der Waals surface area contributed by atoms with Crippen molar-refractivity contribution < 1.29 is 9.53 Å². The van der Waals surface area contributed by atoms with Gasteiger partial charge >= 0.3 is 0 Å². The van der Waals surface area contributed by atoms with Crippen molar-refractivity contribution in [1.82, 2.24) is 5.32 Å². The van der Waals surface area contributed by atoms with Gasteiger partial charge in [0.05, 0.1) is 18.8 Å². The second kappa shape index (κ2) is 6.86. The van der Waals surface area contributed by atoms with E-state index in [1.54, 1.807) is 0 Å². The number of ether oxygens (including phenoxy) is 1. The van der Waals surface area contributed by atoms with Gasteiger partial charge in [-0.15, -0.1) is 0 Å². The molecule has 0 saturated carbocycles. The molecule has 3 N–H and O–H groups in total. The number of carbonyl (C=O) groups is 1. The molecule has 0 spiro atoms. The molecule has 0 radical (unpaired) electrons. The molecule has 0 bridgehead atoms. The molecule has 0 aliphatic carbocycles. The fourth-order valence-electron chi connectivity index (χ4n) is 0.974. The van der Waals surface area contributed by atoms with Crippen LogP contribution in [-0.2, 0) is 9.53 Å². The van der Waals surface area contributed by atoms with E-state index >= 15 is 0 Å². The van der Waals surface area contributed by atoms with Gasteiger partial charge in [0.1, 0.15) is 0 Å². The standard InChI is InChI=1S/C9H20N2O2/c1-4-8(9(10)12)11-5-6-13-7(2)3/h7-8,11H,4-6H2,1-3H3,(H2,10,12). The summed E-state index contributed by atoms with van der Waals surface area (Å²) in [5.41, 5.74) is 5.15. The fourth-order valence-corrected chi connectivity index (χ4v) is 0.974. The molecule has 4 heteroatoms. The molecule has 0 aromatic heterocycles. The lowest BCUT2D eigenvalue weighted by atomic mass is 10.2. The average molecular weight is 188 g/mol. The van der Waals surface area contributed by atoms with Crippen molar-refractivity contribution >= 4 is 5.91 Å². The zero-order valence-corrected chi connectivity index (χ0v) is 8.67. The van der Waals surface area contributed by atoms with Gasteiger partial charge in [0, 0.05) is 6.54 Å². The van der Waals surface area contributed by atoms with Crippen LogP contribution >= 0.6 is 0 Å². The molecule has 0 aliphatic rings. The molecule has 0 saturated heterocycles. The summed E-state index contributed by atoms with van der Waals surface area (Å²) in [7, 11) is 0. The largest absolute Gasteiger partial charge is 0.377 e. The zero-order chi connectivity index (χ0) is 10.3. The third kappa shape index (κ3) is 6.54. The first-order chi connectivity index (χ1) is 6.07. The van der Waals surface area contributed by atoms with Gasteiger partial charge in [-0.1, -0.05) is 6.92 Å². The summed E-state index contributed by atoms with van der Waals surface area (Å²) < 4.78 is 5.30. The molecule has 0 aromatic rings. The highest BCUT2D eigenvalue weighted by molar-refractivity contribution is 5.79. The monoisotopic (exact) mass is 188 g/mol. The van der Waals surface area contributed by atoms with Crippen LogP contribution in [-0.4, -0.2) is 31.2 Å². The van der Waals surface area contributed by atoms with E-state index in [9.17, 15) is 4.79 Å². The van der Waals surface area contributed by atoms with Gasteiger partial charge in [0.2, 0.25) is 5.91 Å². The summed E-state index contributed by atoms with van der Waals surface area (Å²) in [6, 6.07) is -0.226. The molecule has 0 rings (SSSR count). The average Bonchev–Trinajstić information content (AvgIpc) is 2.03. The summed E-state index contributed by atoms with van der Waals surface area (Å²) in [5.74, 6) is -0.299. The van der Waals surface area contributed by atoms with E-state index < -0.39 is 0 Å². The summed E-state index contributed by atoms with van der Waals surface area (Å²) >= 11 is 0. The maximum Gasteiger partial charge on any atom is 0.234 e. The third-order valence-electron chi connectivity index (χ3n) is 1.70. The molecule has 78 valence electrons. The van der Waals surface area contributed by atoms with Gasteiger partial charge in [0.25, 0.3) is 0 Å². The van der Waals surface area contributed by atoms with E-state index in [0.717, 1.165) is 6.42 Å². The predicted octanol–water partition coefficient (Wildman–Crippen LogP) is 0.265. The lowest BCUT2D eigenvalue weighted by Crippen LogP contribution is -2.42. The van der Waals surface area contributed by atoms with E-state index in [4.69, 9.17) is 10.5 Å². The van der Waals surface area contributed by atoms with Crippen LogP contribution in [0.4, 0.5) is 0 Å². The number of carbonyl (C=O) groups excluding carboxylic acids is 1. The molecule has 4 nitrogen and oxygen atoms in total. The number of hydrogen-bond donors (Lipinski definition) is 2. The highest BCUT2D eigenvalue weighted by Gasteiger charge is 2.10. The van der Waals surface area contributed by atoms with Crippen molar-refractivity contribution in [3.8, 4) is 0 Å². The normalized spacial score (nSPS) is 13.2. The number of nitrogens with one attached hydrogen (secondary N) is 1. The molecular weight excluding hydrogens is 168 g/mol. The van der Waals surface area contributed by atoms with E-state index in [2.05, 4.69) is 5.32 Å². The molecule has 1 amide bonds. The molecule has 0 fully saturated rings. The van der Waals surface area contributed by atoms with Crippen LogP contribution < -0.4 is 11.1 Å². The topological polar surface area (TPSA) is 64.3 Å². The second-order valence-electron chi connectivity index (χ2n) is 3.24. The molecule has 1 unspecified atom stereocenters. The maximum atomic E-state index is 10.8. The van der Waals surface area contributed by atoms with Crippen molar-refractivity contribution in [2.45, 2.75) is 39.3 Å². The van der Waals surface area contributed by atoms with Gasteiger partial charge in [-0.3, -0.25) is 4.79 Å². The van der Waals surface area contributed by atoms with E-state index in [-0.39, 0.29) is 18.1 Å². The van der Waals surface area contributed by atoms with E-state index in [1.165, 1.54) is 0 Å². The van der Waals surface area contributed by atoms with Crippen LogP contribution in [0.1, 0.15) is 27.2 Å². The Balaban J connectivity index is 3.44. The van der Waals surface area contributed by atoms with E-state index in [0.29, 0.717) is 13.2 Å². The fraction of sp³-hybridized carbons (Fsp3) is 0.889. The van der Waals surface area contributed by atoms with Gasteiger partial charge < -0.3 is 15.8 Å². The minimum Gasteiger partial charge on any atom is -0.377 e. The first-order valence-electron chi connectivity index (χ1n) is 4.72. The highest BCUT2D eigenvalue weighted by Crippen LogP contribution is 1.90. The third-order valence-corrected chi connectivity index (χ3v) is 1.70. The Morgan fingerprint density at radius 1 is 1.54 bits per heavy atom. The van der Waals surface area contributed by atoms with Crippen LogP contribution in [0.2, 0.25) is 0 Å². The van der Waals surface area contributed by atoms with Crippen molar-refractivity contribution in [2.75, 3.05) is 13.2 Å². The minimum atomic E-state index is -0.299. The summed E-state index contributed by atoms with van der Waals surface area (Å²) in [6.45, 7) is 7.16. The Kier molecular flexibility index (Phi) is 6.54. The van der Waals surface area contributed by atoms with Gasteiger partial charge in [-0.25, -0.2) is 0 Å². The Morgan fingerprint density at radius 2 is 2.15 bits per heavy atom. The minimum absolute atomic E-state index is 0.226. The smallest absolute Gasteiger partial charge is 0.234 e. The van der Waals surface area contributed by atoms with Crippen LogP contribution in [0.15, 0.2) is 0 Å². The maximum absolute atomic E-state index is 10.8.